The van der Waals surface area contributed by atoms with E-state index < -0.39 is 0 Å². The van der Waals surface area contributed by atoms with E-state index in [0.717, 1.165) is 23.6 Å². The van der Waals surface area contributed by atoms with E-state index in [1.165, 1.54) is 17.5 Å². The zero-order chi connectivity index (χ0) is 13.9. The molecule has 0 spiro atoms. The lowest BCUT2D eigenvalue weighted by Crippen LogP contribution is -2.28. The molecule has 3 rings (SSSR count). The van der Waals surface area contributed by atoms with Crippen molar-refractivity contribution in [1.82, 2.24) is 5.32 Å². The van der Waals surface area contributed by atoms with Gasteiger partial charge in [0.2, 0.25) is 0 Å². The summed E-state index contributed by atoms with van der Waals surface area (Å²) in [5.74, 6) is 0.563. The second-order valence-corrected chi connectivity index (χ2v) is 6.06. The summed E-state index contributed by atoms with van der Waals surface area (Å²) in [6.45, 7) is 3.15. The van der Waals surface area contributed by atoms with Crippen molar-refractivity contribution in [2.24, 2.45) is 0 Å². The highest BCUT2D eigenvalue weighted by Gasteiger charge is 2.28. The first-order valence-electron chi connectivity index (χ1n) is 7.27. The molecule has 1 heterocycles. The quantitative estimate of drug-likeness (QED) is 0.885. The smallest absolute Gasteiger partial charge is 0.0438 e. The van der Waals surface area contributed by atoms with Crippen molar-refractivity contribution in [2.75, 3.05) is 6.54 Å². The fraction of sp³-hybridized carbons (Fsp3) is 0.333. The van der Waals surface area contributed by atoms with Gasteiger partial charge in [0, 0.05) is 17.0 Å². The molecule has 0 bridgehead atoms. The van der Waals surface area contributed by atoms with Crippen molar-refractivity contribution in [2.45, 2.75) is 31.7 Å². The summed E-state index contributed by atoms with van der Waals surface area (Å²) in [6.07, 6.45) is 2.27. The first-order chi connectivity index (χ1) is 9.74. The summed E-state index contributed by atoms with van der Waals surface area (Å²) in [7, 11) is 0. The van der Waals surface area contributed by atoms with Crippen LogP contribution in [0.4, 0.5) is 0 Å². The number of aryl methyl sites for hydroxylation is 1. The SMILES string of the molecule is Cc1ccc(C2CCNC2Cc2ccccc2)cc1Cl. The Morgan fingerprint density at radius 2 is 1.95 bits per heavy atom. The molecule has 1 fully saturated rings. The average Bonchev–Trinajstić information content (AvgIpc) is 2.91. The van der Waals surface area contributed by atoms with Crippen LogP contribution in [0.5, 0.6) is 0 Å². The van der Waals surface area contributed by atoms with Gasteiger partial charge < -0.3 is 5.32 Å². The Bertz CT molecular complexity index is 579. The average molecular weight is 286 g/mol. The van der Waals surface area contributed by atoms with Crippen LogP contribution < -0.4 is 5.32 Å². The van der Waals surface area contributed by atoms with E-state index in [2.05, 4.69) is 60.8 Å². The van der Waals surface area contributed by atoms with Crippen LogP contribution in [0, 0.1) is 6.92 Å². The summed E-state index contributed by atoms with van der Waals surface area (Å²) in [5, 5.41) is 4.53. The number of hydrogen-bond donors (Lipinski definition) is 1. The molecule has 0 amide bonds. The van der Waals surface area contributed by atoms with Gasteiger partial charge in [0.1, 0.15) is 0 Å². The normalized spacial score (nSPS) is 22.1. The van der Waals surface area contributed by atoms with Gasteiger partial charge in [-0.3, -0.25) is 0 Å². The maximum Gasteiger partial charge on any atom is 0.0438 e. The van der Waals surface area contributed by atoms with Gasteiger partial charge in [-0.2, -0.15) is 0 Å². The van der Waals surface area contributed by atoms with Crippen molar-refractivity contribution < 1.29 is 0 Å². The van der Waals surface area contributed by atoms with Gasteiger partial charge in [0.25, 0.3) is 0 Å². The molecule has 2 aromatic carbocycles. The van der Waals surface area contributed by atoms with E-state index in [1.807, 2.05) is 0 Å². The van der Waals surface area contributed by atoms with E-state index in [0.29, 0.717) is 12.0 Å². The van der Waals surface area contributed by atoms with Crippen LogP contribution in [0.2, 0.25) is 5.02 Å². The number of nitrogens with one attached hydrogen (secondary N) is 1. The van der Waals surface area contributed by atoms with E-state index in [9.17, 15) is 0 Å². The van der Waals surface area contributed by atoms with E-state index >= 15 is 0 Å². The van der Waals surface area contributed by atoms with Crippen molar-refractivity contribution in [3.05, 3.63) is 70.2 Å². The Morgan fingerprint density at radius 3 is 2.70 bits per heavy atom. The highest BCUT2D eigenvalue weighted by atomic mass is 35.5. The molecule has 0 aliphatic carbocycles. The molecule has 1 aliphatic heterocycles. The number of benzene rings is 2. The molecule has 1 nitrogen and oxygen atoms in total. The van der Waals surface area contributed by atoms with Crippen molar-refractivity contribution in [1.29, 1.82) is 0 Å². The van der Waals surface area contributed by atoms with Crippen molar-refractivity contribution >= 4 is 11.6 Å². The molecule has 104 valence electrons. The Hall–Kier alpha value is -1.31. The molecule has 20 heavy (non-hydrogen) atoms. The zero-order valence-corrected chi connectivity index (χ0v) is 12.5. The Kier molecular flexibility index (Phi) is 4.09. The molecular weight excluding hydrogens is 266 g/mol. The molecule has 2 unspecified atom stereocenters. The monoisotopic (exact) mass is 285 g/mol. The molecule has 1 aliphatic rings. The Labute approximate surface area is 126 Å². The van der Waals surface area contributed by atoms with Gasteiger partial charge >= 0.3 is 0 Å². The molecule has 2 atom stereocenters. The summed E-state index contributed by atoms with van der Waals surface area (Å²) in [5.41, 5.74) is 3.92. The van der Waals surface area contributed by atoms with Crippen LogP contribution >= 0.6 is 11.6 Å². The first kappa shape index (κ1) is 13.7. The van der Waals surface area contributed by atoms with Gasteiger partial charge in [-0.25, -0.2) is 0 Å². The van der Waals surface area contributed by atoms with E-state index in [-0.39, 0.29) is 0 Å². The highest BCUT2D eigenvalue weighted by Crippen LogP contribution is 2.32. The standard InChI is InChI=1S/C18H20ClN/c1-13-7-8-15(12-17(13)19)16-9-10-20-18(16)11-14-5-3-2-4-6-14/h2-8,12,16,18,20H,9-11H2,1H3. The lowest BCUT2D eigenvalue weighted by atomic mass is 9.88. The van der Waals surface area contributed by atoms with Crippen LogP contribution in [-0.2, 0) is 6.42 Å². The lowest BCUT2D eigenvalue weighted by Gasteiger charge is -2.20. The summed E-state index contributed by atoms with van der Waals surface area (Å²) in [6, 6.07) is 17.7. The van der Waals surface area contributed by atoms with Gasteiger partial charge in [0.05, 0.1) is 0 Å². The number of halogens is 1. The van der Waals surface area contributed by atoms with Crippen LogP contribution in [-0.4, -0.2) is 12.6 Å². The molecule has 2 heteroatoms. The van der Waals surface area contributed by atoms with Crippen LogP contribution in [0.1, 0.15) is 29.0 Å². The Morgan fingerprint density at radius 1 is 1.15 bits per heavy atom. The third-order valence-corrected chi connectivity index (χ3v) is 4.68. The number of rotatable bonds is 3. The third-order valence-electron chi connectivity index (χ3n) is 4.27. The van der Waals surface area contributed by atoms with Crippen molar-refractivity contribution in [3.8, 4) is 0 Å². The maximum atomic E-state index is 6.28. The number of hydrogen-bond acceptors (Lipinski definition) is 1. The van der Waals surface area contributed by atoms with Gasteiger partial charge in [-0.1, -0.05) is 54.1 Å². The predicted octanol–water partition coefficient (Wildman–Crippen LogP) is 4.34. The minimum Gasteiger partial charge on any atom is -0.313 e. The summed E-state index contributed by atoms with van der Waals surface area (Å²) >= 11 is 6.28. The molecule has 0 saturated carbocycles. The molecule has 0 radical (unpaired) electrons. The van der Waals surface area contributed by atoms with Gasteiger partial charge in [0.15, 0.2) is 0 Å². The fourth-order valence-electron chi connectivity index (χ4n) is 3.09. The largest absolute Gasteiger partial charge is 0.313 e. The molecule has 0 aromatic heterocycles. The second kappa shape index (κ2) is 5.99. The topological polar surface area (TPSA) is 12.0 Å². The van der Waals surface area contributed by atoms with Crippen LogP contribution in [0.3, 0.4) is 0 Å². The fourth-order valence-corrected chi connectivity index (χ4v) is 3.28. The molecule has 1 saturated heterocycles. The molecule has 2 aromatic rings. The van der Waals surface area contributed by atoms with Gasteiger partial charge in [-0.15, -0.1) is 0 Å². The van der Waals surface area contributed by atoms with E-state index in [4.69, 9.17) is 11.6 Å². The van der Waals surface area contributed by atoms with Crippen LogP contribution in [0.15, 0.2) is 48.5 Å². The highest BCUT2D eigenvalue weighted by molar-refractivity contribution is 6.31. The molecular formula is C18H20ClN. The van der Waals surface area contributed by atoms with Crippen molar-refractivity contribution in [3.63, 3.8) is 0 Å². The second-order valence-electron chi connectivity index (χ2n) is 5.65. The Balaban J connectivity index is 1.80. The zero-order valence-electron chi connectivity index (χ0n) is 11.8. The van der Waals surface area contributed by atoms with Gasteiger partial charge in [-0.05, 0) is 49.1 Å². The minimum absolute atomic E-state index is 0.510. The molecule has 1 N–H and O–H groups in total. The predicted molar refractivity (Wildman–Crippen MR) is 85.5 cm³/mol. The van der Waals surface area contributed by atoms with E-state index in [1.54, 1.807) is 0 Å². The van der Waals surface area contributed by atoms with Crippen LogP contribution in [0.25, 0.3) is 0 Å². The maximum absolute atomic E-state index is 6.28. The summed E-state index contributed by atoms with van der Waals surface area (Å²) in [4.78, 5) is 0. The lowest BCUT2D eigenvalue weighted by molar-refractivity contribution is 0.544. The summed E-state index contributed by atoms with van der Waals surface area (Å²) < 4.78 is 0. The third kappa shape index (κ3) is 2.89. The minimum atomic E-state index is 0.510. The first-order valence-corrected chi connectivity index (χ1v) is 7.65.